The van der Waals surface area contributed by atoms with Crippen LogP contribution in [0.15, 0.2) is 48.7 Å². The number of H-pyrrole nitrogens is 1. The molecule has 0 bridgehead atoms. The van der Waals surface area contributed by atoms with Crippen LogP contribution in [0.3, 0.4) is 0 Å². The smallest absolute Gasteiger partial charge is 0.173 e. The molecule has 34 heavy (non-hydrogen) atoms. The molecule has 0 aliphatic carbocycles. The third kappa shape index (κ3) is 5.04. The van der Waals surface area contributed by atoms with Crippen molar-refractivity contribution >= 4 is 45.0 Å². The zero-order valence-corrected chi connectivity index (χ0v) is 20.6. The molecule has 3 N–H and O–H groups in total. The number of aromatic nitrogens is 3. The van der Waals surface area contributed by atoms with E-state index in [2.05, 4.69) is 62.6 Å². The molecule has 7 nitrogen and oxygen atoms in total. The third-order valence-electron chi connectivity index (χ3n) is 6.52. The molecule has 0 amide bonds. The molecule has 0 saturated carbocycles. The second kappa shape index (κ2) is 10.0. The van der Waals surface area contributed by atoms with Gasteiger partial charge in [-0.25, -0.2) is 4.98 Å². The standard InChI is InChI=1S/C26H31N7S/c1-18-21(9-10-27-16-20-17-28-24-5-3-4-6-25(24)30-20)22-15-19(7-8-23(22)29-18)31-26(34)33-13-11-32(2)12-14-33/h3-8,15,17,27,29H,9-14,16H2,1-2H3,(H,31,34). The summed E-state index contributed by atoms with van der Waals surface area (Å²) < 4.78 is 0. The van der Waals surface area contributed by atoms with Gasteiger partial charge in [0, 0.05) is 55.0 Å². The lowest BCUT2D eigenvalue weighted by molar-refractivity contribution is 0.217. The summed E-state index contributed by atoms with van der Waals surface area (Å²) in [4.78, 5) is 17.3. The first kappa shape index (κ1) is 22.7. The predicted molar refractivity (Wildman–Crippen MR) is 143 cm³/mol. The Morgan fingerprint density at radius 2 is 1.88 bits per heavy atom. The minimum absolute atomic E-state index is 0.700. The van der Waals surface area contributed by atoms with E-state index in [9.17, 15) is 0 Å². The molecule has 0 radical (unpaired) electrons. The monoisotopic (exact) mass is 473 g/mol. The van der Waals surface area contributed by atoms with E-state index in [-0.39, 0.29) is 0 Å². The minimum atomic E-state index is 0.700. The zero-order chi connectivity index (χ0) is 23.5. The molecule has 0 atom stereocenters. The van der Waals surface area contributed by atoms with Gasteiger partial charge in [0.05, 0.1) is 22.9 Å². The van der Waals surface area contributed by atoms with Crippen LogP contribution in [0.25, 0.3) is 21.9 Å². The number of likely N-dealkylation sites (N-methyl/N-ethyl adjacent to an activating group) is 1. The van der Waals surface area contributed by atoms with Crippen molar-refractivity contribution in [2.45, 2.75) is 19.9 Å². The van der Waals surface area contributed by atoms with Gasteiger partial charge in [0.1, 0.15) is 0 Å². The number of anilines is 1. The number of piperazine rings is 1. The number of nitrogens with one attached hydrogen (secondary N) is 3. The van der Waals surface area contributed by atoms with E-state index >= 15 is 0 Å². The van der Waals surface area contributed by atoms with Crippen LogP contribution >= 0.6 is 12.2 Å². The third-order valence-corrected chi connectivity index (χ3v) is 6.88. The van der Waals surface area contributed by atoms with E-state index in [1.54, 1.807) is 0 Å². The molecule has 176 valence electrons. The minimum Gasteiger partial charge on any atom is -0.358 e. The van der Waals surface area contributed by atoms with Crippen LogP contribution in [-0.4, -0.2) is 69.6 Å². The number of aryl methyl sites for hydroxylation is 1. The lowest BCUT2D eigenvalue weighted by atomic mass is 10.1. The van der Waals surface area contributed by atoms with Crippen LogP contribution in [0, 0.1) is 6.92 Å². The number of rotatable bonds is 6. The normalized spacial score (nSPS) is 14.7. The summed E-state index contributed by atoms with van der Waals surface area (Å²) in [5.74, 6) is 0. The molecular formula is C26H31N7S. The summed E-state index contributed by atoms with van der Waals surface area (Å²) in [7, 11) is 2.15. The molecule has 3 heterocycles. The van der Waals surface area contributed by atoms with Gasteiger partial charge in [-0.1, -0.05) is 12.1 Å². The number of aromatic amines is 1. The van der Waals surface area contributed by atoms with E-state index < -0.39 is 0 Å². The summed E-state index contributed by atoms with van der Waals surface area (Å²) in [5.41, 5.74) is 7.56. The van der Waals surface area contributed by atoms with Gasteiger partial charge in [0.15, 0.2) is 5.11 Å². The maximum absolute atomic E-state index is 5.68. The Labute approximate surface area is 205 Å². The largest absolute Gasteiger partial charge is 0.358 e. The van der Waals surface area contributed by atoms with Crippen molar-refractivity contribution < 1.29 is 0 Å². The number of thiocarbonyl (C=S) groups is 1. The molecule has 2 aromatic heterocycles. The highest BCUT2D eigenvalue weighted by atomic mass is 32.1. The lowest BCUT2D eigenvalue weighted by Gasteiger charge is -2.34. The topological polar surface area (TPSA) is 72.1 Å². The van der Waals surface area contributed by atoms with Crippen molar-refractivity contribution in [3.05, 3.63) is 65.6 Å². The molecule has 4 aromatic rings. The fraction of sp³-hybridized carbons (Fsp3) is 0.346. The van der Waals surface area contributed by atoms with Crippen LogP contribution in [0.5, 0.6) is 0 Å². The van der Waals surface area contributed by atoms with E-state index in [0.29, 0.717) is 6.54 Å². The van der Waals surface area contributed by atoms with Crippen LogP contribution in [0.4, 0.5) is 5.69 Å². The Morgan fingerprint density at radius 1 is 1.09 bits per heavy atom. The van der Waals surface area contributed by atoms with E-state index in [1.807, 2.05) is 30.5 Å². The Kier molecular flexibility index (Phi) is 6.71. The number of nitrogens with zero attached hydrogens (tertiary/aromatic N) is 4. The quantitative estimate of drug-likeness (QED) is 0.291. The Morgan fingerprint density at radius 3 is 2.71 bits per heavy atom. The average molecular weight is 474 g/mol. The van der Waals surface area contributed by atoms with Gasteiger partial charge in [0.25, 0.3) is 0 Å². The van der Waals surface area contributed by atoms with Crippen molar-refractivity contribution in [1.82, 2.24) is 30.1 Å². The fourth-order valence-electron chi connectivity index (χ4n) is 4.50. The first-order chi connectivity index (χ1) is 16.6. The summed E-state index contributed by atoms with van der Waals surface area (Å²) >= 11 is 5.68. The van der Waals surface area contributed by atoms with Gasteiger partial charge in [-0.2, -0.15) is 0 Å². The summed E-state index contributed by atoms with van der Waals surface area (Å²) in [6.45, 7) is 7.72. The summed E-state index contributed by atoms with van der Waals surface area (Å²) in [5, 5.41) is 9.03. The van der Waals surface area contributed by atoms with Gasteiger partial charge >= 0.3 is 0 Å². The molecule has 1 aliphatic rings. The fourth-order valence-corrected chi connectivity index (χ4v) is 4.81. The highest BCUT2D eigenvalue weighted by Crippen LogP contribution is 2.26. The number of benzene rings is 2. The number of fused-ring (bicyclic) bond motifs is 2. The second-order valence-corrected chi connectivity index (χ2v) is 9.37. The van der Waals surface area contributed by atoms with Gasteiger partial charge in [-0.05, 0) is 75.1 Å². The molecule has 2 aromatic carbocycles. The Bertz CT molecular complexity index is 1310. The van der Waals surface area contributed by atoms with Crippen LogP contribution in [-0.2, 0) is 13.0 Å². The second-order valence-electron chi connectivity index (χ2n) is 8.99. The Balaban J connectivity index is 1.22. The summed E-state index contributed by atoms with van der Waals surface area (Å²) in [6, 6.07) is 14.4. The molecule has 1 fully saturated rings. The first-order valence-electron chi connectivity index (χ1n) is 11.8. The van der Waals surface area contributed by atoms with E-state index in [1.165, 1.54) is 16.6 Å². The molecular weight excluding hydrogens is 442 g/mol. The molecule has 0 spiro atoms. The molecule has 5 rings (SSSR count). The van der Waals surface area contributed by atoms with Gasteiger partial charge in [0.2, 0.25) is 0 Å². The van der Waals surface area contributed by atoms with Crippen LogP contribution < -0.4 is 10.6 Å². The first-order valence-corrected chi connectivity index (χ1v) is 12.2. The van der Waals surface area contributed by atoms with E-state index in [4.69, 9.17) is 17.2 Å². The summed E-state index contributed by atoms with van der Waals surface area (Å²) in [6.07, 6.45) is 2.78. The average Bonchev–Trinajstić information content (AvgIpc) is 3.16. The molecule has 0 unspecified atom stereocenters. The molecule has 1 aliphatic heterocycles. The molecule has 8 heteroatoms. The van der Waals surface area contributed by atoms with Crippen molar-refractivity contribution in [2.75, 3.05) is 45.1 Å². The number of para-hydroxylation sites is 2. The van der Waals surface area contributed by atoms with Gasteiger partial charge < -0.3 is 25.4 Å². The number of hydrogen-bond acceptors (Lipinski definition) is 5. The maximum atomic E-state index is 5.68. The SMILES string of the molecule is Cc1[nH]c2ccc(NC(=S)N3CCN(C)CC3)cc2c1CCNCc1cnc2ccccc2n1. The van der Waals surface area contributed by atoms with Crippen LogP contribution in [0.2, 0.25) is 0 Å². The highest BCUT2D eigenvalue weighted by molar-refractivity contribution is 7.80. The van der Waals surface area contributed by atoms with Crippen molar-refractivity contribution in [2.24, 2.45) is 0 Å². The van der Waals surface area contributed by atoms with Gasteiger partial charge in [-0.3, -0.25) is 4.98 Å². The lowest BCUT2D eigenvalue weighted by Crippen LogP contribution is -2.48. The Hall–Kier alpha value is -3.07. The number of hydrogen-bond donors (Lipinski definition) is 3. The molecule has 1 saturated heterocycles. The zero-order valence-electron chi connectivity index (χ0n) is 19.8. The van der Waals surface area contributed by atoms with Gasteiger partial charge in [-0.15, -0.1) is 0 Å². The van der Waals surface area contributed by atoms with Crippen LogP contribution in [0.1, 0.15) is 17.0 Å². The van der Waals surface area contributed by atoms with E-state index in [0.717, 1.165) is 72.2 Å². The maximum Gasteiger partial charge on any atom is 0.173 e. The van der Waals surface area contributed by atoms with Crippen molar-refractivity contribution in [3.63, 3.8) is 0 Å². The predicted octanol–water partition coefficient (Wildman–Crippen LogP) is 3.70. The van der Waals surface area contributed by atoms with Crippen molar-refractivity contribution in [1.29, 1.82) is 0 Å². The van der Waals surface area contributed by atoms with Crippen molar-refractivity contribution in [3.8, 4) is 0 Å². The highest BCUT2D eigenvalue weighted by Gasteiger charge is 2.17.